The van der Waals surface area contributed by atoms with Crippen molar-refractivity contribution in [2.75, 3.05) is 12.4 Å². The van der Waals surface area contributed by atoms with E-state index in [0.29, 0.717) is 15.9 Å². The first-order valence-corrected chi connectivity index (χ1v) is 7.96. The molecule has 0 spiro atoms. The van der Waals surface area contributed by atoms with Crippen LogP contribution in [0.1, 0.15) is 36.7 Å². The van der Waals surface area contributed by atoms with Crippen LogP contribution in [0.4, 0.5) is 10.1 Å². The Bertz CT molecular complexity index is 738. The van der Waals surface area contributed by atoms with Gasteiger partial charge in [0.2, 0.25) is 0 Å². The van der Waals surface area contributed by atoms with Crippen molar-refractivity contribution in [1.29, 1.82) is 0 Å². The van der Waals surface area contributed by atoms with Crippen LogP contribution in [-0.2, 0) is 5.41 Å². The van der Waals surface area contributed by atoms with Crippen LogP contribution in [0.3, 0.4) is 0 Å². The standard InChI is InChI=1S/C18H19BrFNO2/c1-18(2,3)11-5-8-16(23-4)15(9-11)21-17(22)13-7-6-12(19)10-14(13)20/h5-10H,1-4H3,(H,21,22). The van der Waals surface area contributed by atoms with Crippen LogP contribution in [0.25, 0.3) is 0 Å². The number of amides is 1. The van der Waals surface area contributed by atoms with E-state index in [0.717, 1.165) is 5.56 Å². The molecule has 0 aliphatic rings. The molecule has 0 bridgehead atoms. The summed E-state index contributed by atoms with van der Waals surface area (Å²) in [6.07, 6.45) is 0. The third-order valence-corrected chi connectivity index (χ3v) is 3.98. The van der Waals surface area contributed by atoms with Crippen molar-refractivity contribution in [3.8, 4) is 5.75 Å². The summed E-state index contributed by atoms with van der Waals surface area (Å²) in [5.41, 5.74) is 1.47. The van der Waals surface area contributed by atoms with E-state index in [-0.39, 0.29) is 11.0 Å². The maximum absolute atomic E-state index is 13.9. The van der Waals surface area contributed by atoms with Gasteiger partial charge in [-0.15, -0.1) is 0 Å². The Morgan fingerprint density at radius 3 is 2.43 bits per heavy atom. The summed E-state index contributed by atoms with van der Waals surface area (Å²) < 4.78 is 19.8. The van der Waals surface area contributed by atoms with Crippen molar-refractivity contribution in [3.05, 3.63) is 57.8 Å². The summed E-state index contributed by atoms with van der Waals surface area (Å²) in [4.78, 5) is 12.4. The first-order chi connectivity index (χ1) is 10.7. The van der Waals surface area contributed by atoms with Crippen LogP contribution in [0.15, 0.2) is 40.9 Å². The van der Waals surface area contributed by atoms with Gasteiger partial charge in [0.15, 0.2) is 0 Å². The highest BCUT2D eigenvalue weighted by atomic mass is 79.9. The Morgan fingerprint density at radius 2 is 1.87 bits per heavy atom. The highest BCUT2D eigenvalue weighted by Crippen LogP contribution is 2.32. The average molecular weight is 380 g/mol. The maximum atomic E-state index is 13.9. The van der Waals surface area contributed by atoms with E-state index in [4.69, 9.17) is 4.74 Å². The van der Waals surface area contributed by atoms with Crippen molar-refractivity contribution in [3.63, 3.8) is 0 Å². The maximum Gasteiger partial charge on any atom is 0.258 e. The molecule has 2 rings (SSSR count). The number of anilines is 1. The Morgan fingerprint density at radius 1 is 1.17 bits per heavy atom. The summed E-state index contributed by atoms with van der Waals surface area (Å²) >= 11 is 3.17. The van der Waals surface area contributed by atoms with Crippen LogP contribution in [0, 0.1) is 5.82 Å². The number of carbonyl (C=O) groups is 1. The first-order valence-electron chi connectivity index (χ1n) is 7.17. The van der Waals surface area contributed by atoms with Crippen LogP contribution >= 0.6 is 15.9 Å². The number of hydrogen-bond acceptors (Lipinski definition) is 2. The lowest BCUT2D eigenvalue weighted by Gasteiger charge is -2.21. The summed E-state index contributed by atoms with van der Waals surface area (Å²) in [7, 11) is 1.53. The van der Waals surface area contributed by atoms with Gasteiger partial charge >= 0.3 is 0 Å². The molecule has 23 heavy (non-hydrogen) atoms. The minimum absolute atomic E-state index is 0.0172. The number of methoxy groups -OCH3 is 1. The third kappa shape index (κ3) is 4.10. The number of ether oxygens (including phenoxy) is 1. The molecule has 3 nitrogen and oxygen atoms in total. The van der Waals surface area contributed by atoms with Gasteiger partial charge in [-0.3, -0.25) is 4.79 Å². The predicted molar refractivity (Wildman–Crippen MR) is 93.7 cm³/mol. The van der Waals surface area contributed by atoms with E-state index >= 15 is 0 Å². The molecule has 122 valence electrons. The van der Waals surface area contributed by atoms with Gasteiger partial charge in [0.1, 0.15) is 11.6 Å². The molecule has 0 fully saturated rings. The molecule has 0 aromatic heterocycles. The predicted octanol–water partition coefficient (Wildman–Crippen LogP) is 5.15. The van der Waals surface area contributed by atoms with Crippen LogP contribution in [-0.4, -0.2) is 13.0 Å². The smallest absolute Gasteiger partial charge is 0.258 e. The molecule has 2 aromatic carbocycles. The molecule has 0 atom stereocenters. The minimum Gasteiger partial charge on any atom is -0.495 e. The molecule has 5 heteroatoms. The molecule has 1 N–H and O–H groups in total. The number of nitrogens with one attached hydrogen (secondary N) is 1. The van der Waals surface area contributed by atoms with Gasteiger partial charge in [-0.05, 0) is 41.3 Å². The highest BCUT2D eigenvalue weighted by Gasteiger charge is 2.18. The van der Waals surface area contributed by atoms with Crippen molar-refractivity contribution in [2.45, 2.75) is 26.2 Å². The second-order valence-electron chi connectivity index (χ2n) is 6.24. The van der Waals surface area contributed by atoms with E-state index in [9.17, 15) is 9.18 Å². The monoisotopic (exact) mass is 379 g/mol. The fourth-order valence-electron chi connectivity index (χ4n) is 2.14. The van der Waals surface area contributed by atoms with E-state index in [1.165, 1.54) is 19.2 Å². The quantitative estimate of drug-likeness (QED) is 0.800. The number of halogens is 2. The summed E-state index contributed by atoms with van der Waals surface area (Å²) in [6, 6.07) is 9.93. The molecule has 0 saturated carbocycles. The van der Waals surface area contributed by atoms with E-state index in [1.807, 2.05) is 12.1 Å². The zero-order valence-electron chi connectivity index (χ0n) is 13.5. The molecule has 2 aromatic rings. The van der Waals surface area contributed by atoms with Crippen LogP contribution in [0.5, 0.6) is 5.75 Å². The average Bonchev–Trinajstić information content (AvgIpc) is 2.46. The Hall–Kier alpha value is -1.88. The molecule has 0 heterocycles. The van der Waals surface area contributed by atoms with E-state index in [1.54, 1.807) is 12.1 Å². The largest absolute Gasteiger partial charge is 0.495 e. The van der Waals surface area contributed by atoms with Crippen molar-refractivity contribution < 1.29 is 13.9 Å². The van der Waals surface area contributed by atoms with Crippen molar-refractivity contribution >= 4 is 27.5 Å². The van der Waals surface area contributed by atoms with Crippen LogP contribution < -0.4 is 10.1 Å². The molecule has 0 saturated heterocycles. The van der Waals surface area contributed by atoms with Gasteiger partial charge in [0.05, 0.1) is 18.4 Å². The lowest BCUT2D eigenvalue weighted by atomic mass is 9.87. The molecular weight excluding hydrogens is 361 g/mol. The molecule has 0 aliphatic carbocycles. The van der Waals surface area contributed by atoms with Gasteiger partial charge in [-0.1, -0.05) is 42.8 Å². The molecule has 1 amide bonds. The zero-order chi connectivity index (χ0) is 17.2. The summed E-state index contributed by atoms with van der Waals surface area (Å²) in [5, 5.41) is 2.73. The van der Waals surface area contributed by atoms with E-state index in [2.05, 4.69) is 42.0 Å². The fraction of sp³-hybridized carbons (Fsp3) is 0.278. The molecular formula is C18H19BrFNO2. The lowest BCUT2D eigenvalue weighted by Crippen LogP contribution is -2.16. The fourth-order valence-corrected chi connectivity index (χ4v) is 2.47. The summed E-state index contributed by atoms with van der Waals surface area (Å²) in [6.45, 7) is 6.23. The first kappa shape index (κ1) is 17.5. The minimum atomic E-state index is -0.581. The topological polar surface area (TPSA) is 38.3 Å². The highest BCUT2D eigenvalue weighted by molar-refractivity contribution is 9.10. The Balaban J connectivity index is 2.36. The Labute approximate surface area is 144 Å². The lowest BCUT2D eigenvalue weighted by molar-refractivity contribution is 0.102. The van der Waals surface area contributed by atoms with E-state index < -0.39 is 11.7 Å². The molecule has 0 aliphatic heterocycles. The normalized spacial score (nSPS) is 11.2. The number of hydrogen-bond donors (Lipinski definition) is 1. The van der Waals surface area contributed by atoms with Gasteiger partial charge in [-0.25, -0.2) is 4.39 Å². The second kappa shape index (κ2) is 6.71. The van der Waals surface area contributed by atoms with Crippen molar-refractivity contribution in [2.24, 2.45) is 0 Å². The van der Waals surface area contributed by atoms with Gasteiger partial charge < -0.3 is 10.1 Å². The van der Waals surface area contributed by atoms with Gasteiger partial charge in [0.25, 0.3) is 5.91 Å². The summed E-state index contributed by atoms with van der Waals surface area (Å²) in [5.74, 6) is -0.564. The number of rotatable bonds is 3. The zero-order valence-corrected chi connectivity index (χ0v) is 15.1. The Kier molecular flexibility index (Phi) is 5.09. The van der Waals surface area contributed by atoms with Gasteiger partial charge in [-0.2, -0.15) is 0 Å². The van der Waals surface area contributed by atoms with Crippen molar-refractivity contribution in [1.82, 2.24) is 0 Å². The SMILES string of the molecule is COc1ccc(C(C)(C)C)cc1NC(=O)c1ccc(Br)cc1F. The molecule has 0 radical (unpaired) electrons. The van der Waals surface area contributed by atoms with Crippen LogP contribution in [0.2, 0.25) is 0 Å². The second-order valence-corrected chi connectivity index (χ2v) is 7.16. The van der Waals surface area contributed by atoms with Gasteiger partial charge in [0, 0.05) is 4.47 Å². The number of carbonyl (C=O) groups excluding carboxylic acids is 1. The third-order valence-electron chi connectivity index (χ3n) is 3.49. The number of benzene rings is 2. The molecule has 0 unspecified atom stereocenters.